The Balaban J connectivity index is 1.66. The summed E-state index contributed by atoms with van der Waals surface area (Å²) < 4.78 is 10.7. The molecule has 7 heteroatoms. The molecule has 0 aliphatic heterocycles. The van der Waals surface area contributed by atoms with E-state index >= 15 is 0 Å². The number of hydrogen-bond acceptors (Lipinski definition) is 6. The quantitative estimate of drug-likeness (QED) is 0.723. The molecule has 0 aliphatic carbocycles. The van der Waals surface area contributed by atoms with Crippen LogP contribution in [0.15, 0.2) is 56.4 Å². The molecule has 0 spiro atoms. The lowest BCUT2D eigenvalue weighted by Gasteiger charge is -1.94. The minimum atomic E-state index is -1.09. The number of nitrogens with zero attached hydrogens (tertiary/aromatic N) is 2. The highest BCUT2D eigenvalue weighted by molar-refractivity contribution is 7.98. The third kappa shape index (κ3) is 3.14. The largest absolute Gasteiger partial charge is 0.475 e. The molecule has 1 N–H and O–H groups in total. The van der Waals surface area contributed by atoms with Crippen LogP contribution in [0.1, 0.15) is 16.4 Å². The van der Waals surface area contributed by atoms with Crippen LogP contribution < -0.4 is 0 Å². The van der Waals surface area contributed by atoms with Crippen molar-refractivity contribution < 1.29 is 18.7 Å². The lowest BCUT2D eigenvalue weighted by molar-refractivity contribution is 0.0656. The molecule has 0 aliphatic rings. The van der Waals surface area contributed by atoms with Crippen LogP contribution in [-0.4, -0.2) is 21.3 Å². The number of benzene rings is 1. The number of rotatable bonds is 5. The summed E-state index contributed by atoms with van der Waals surface area (Å²) in [5, 5.41) is 17.2. The number of aromatic nitrogens is 2. The van der Waals surface area contributed by atoms with Gasteiger partial charge in [0, 0.05) is 5.56 Å². The summed E-state index contributed by atoms with van der Waals surface area (Å²) in [4.78, 5) is 10.7. The second kappa shape index (κ2) is 5.84. The third-order valence-electron chi connectivity index (χ3n) is 2.62. The van der Waals surface area contributed by atoms with Gasteiger partial charge in [0.1, 0.15) is 0 Å². The Morgan fingerprint density at radius 1 is 1.10 bits per heavy atom. The number of carbonyl (C=O) groups is 1. The predicted octanol–water partition coefficient (Wildman–Crippen LogP) is 3.32. The van der Waals surface area contributed by atoms with E-state index in [4.69, 9.17) is 13.9 Å². The Morgan fingerprint density at radius 3 is 2.62 bits per heavy atom. The van der Waals surface area contributed by atoms with E-state index in [1.807, 2.05) is 30.3 Å². The SMILES string of the molecule is O=C(O)c1ccc(SCc2nnc(-c3ccccc3)o2)o1. The van der Waals surface area contributed by atoms with Gasteiger partial charge in [-0.1, -0.05) is 30.0 Å². The van der Waals surface area contributed by atoms with Gasteiger partial charge in [0.15, 0.2) is 5.09 Å². The zero-order valence-corrected chi connectivity index (χ0v) is 11.5. The molecule has 0 atom stereocenters. The fourth-order valence-corrected chi connectivity index (χ4v) is 2.35. The van der Waals surface area contributed by atoms with Crippen molar-refractivity contribution in [1.82, 2.24) is 10.2 Å². The van der Waals surface area contributed by atoms with E-state index in [2.05, 4.69) is 10.2 Å². The van der Waals surface area contributed by atoms with Gasteiger partial charge in [0.25, 0.3) is 0 Å². The summed E-state index contributed by atoms with van der Waals surface area (Å²) in [5.41, 5.74) is 0.854. The van der Waals surface area contributed by atoms with Crippen LogP contribution in [0, 0.1) is 0 Å². The smallest absolute Gasteiger partial charge is 0.371 e. The first kappa shape index (κ1) is 13.4. The van der Waals surface area contributed by atoms with Gasteiger partial charge in [0.05, 0.1) is 5.75 Å². The maximum Gasteiger partial charge on any atom is 0.371 e. The Hall–Kier alpha value is -2.54. The van der Waals surface area contributed by atoms with Crippen LogP contribution in [0.25, 0.3) is 11.5 Å². The minimum absolute atomic E-state index is 0.0898. The molecule has 0 unspecified atom stereocenters. The van der Waals surface area contributed by atoms with E-state index in [9.17, 15) is 4.79 Å². The van der Waals surface area contributed by atoms with Gasteiger partial charge in [-0.25, -0.2) is 4.79 Å². The van der Waals surface area contributed by atoms with E-state index in [0.29, 0.717) is 22.6 Å². The molecule has 3 aromatic rings. The summed E-state index contributed by atoms with van der Waals surface area (Å²) in [7, 11) is 0. The van der Waals surface area contributed by atoms with Crippen LogP contribution in [0.5, 0.6) is 0 Å². The zero-order valence-electron chi connectivity index (χ0n) is 10.7. The minimum Gasteiger partial charge on any atom is -0.475 e. The average molecular weight is 302 g/mol. The van der Waals surface area contributed by atoms with E-state index in [1.165, 1.54) is 17.8 Å². The molecule has 0 bridgehead atoms. The van der Waals surface area contributed by atoms with Gasteiger partial charge in [-0.15, -0.1) is 10.2 Å². The summed E-state index contributed by atoms with van der Waals surface area (Å²) >= 11 is 1.29. The molecule has 21 heavy (non-hydrogen) atoms. The molecule has 2 aromatic heterocycles. The molecular weight excluding hydrogens is 292 g/mol. The highest BCUT2D eigenvalue weighted by atomic mass is 32.2. The summed E-state index contributed by atoms with van der Waals surface area (Å²) in [6.07, 6.45) is 0. The van der Waals surface area contributed by atoms with Gasteiger partial charge in [-0.3, -0.25) is 0 Å². The highest BCUT2D eigenvalue weighted by Gasteiger charge is 2.12. The van der Waals surface area contributed by atoms with E-state index in [0.717, 1.165) is 5.56 Å². The van der Waals surface area contributed by atoms with E-state index in [-0.39, 0.29) is 5.76 Å². The number of hydrogen-bond donors (Lipinski definition) is 1. The van der Waals surface area contributed by atoms with E-state index in [1.54, 1.807) is 6.07 Å². The number of aromatic carboxylic acids is 1. The van der Waals surface area contributed by atoms with Gasteiger partial charge < -0.3 is 13.9 Å². The molecule has 0 amide bonds. The van der Waals surface area contributed by atoms with Gasteiger partial charge in [0.2, 0.25) is 17.5 Å². The Kier molecular flexibility index (Phi) is 3.74. The average Bonchev–Trinajstić information content (AvgIpc) is 3.15. The van der Waals surface area contributed by atoms with Gasteiger partial charge >= 0.3 is 5.97 Å². The normalized spacial score (nSPS) is 10.7. The predicted molar refractivity (Wildman–Crippen MR) is 75.0 cm³/mol. The summed E-state index contributed by atoms with van der Waals surface area (Å²) in [6.45, 7) is 0. The lowest BCUT2D eigenvalue weighted by atomic mass is 10.2. The van der Waals surface area contributed by atoms with Crippen LogP contribution in [0.2, 0.25) is 0 Å². The summed E-state index contributed by atoms with van der Waals surface area (Å²) in [6, 6.07) is 12.5. The Morgan fingerprint density at radius 2 is 1.90 bits per heavy atom. The maximum atomic E-state index is 10.7. The van der Waals surface area contributed by atoms with Gasteiger partial charge in [-0.2, -0.15) is 0 Å². The third-order valence-corrected chi connectivity index (χ3v) is 3.51. The zero-order chi connectivity index (χ0) is 14.7. The van der Waals surface area contributed by atoms with Crippen molar-refractivity contribution in [3.8, 4) is 11.5 Å². The van der Waals surface area contributed by atoms with Gasteiger partial charge in [-0.05, 0) is 24.3 Å². The first-order valence-electron chi connectivity index (χ1n) is 6.06. The second-order valence-electron chi connectivity index (χ2n) is 4.08. The van der Waals surface area contributed by atoms with Crippen molar-refractivity contribution in [3.05, 3.63) is 54.1 Å². The standard InChI is InChI=1S/C14H10N2O4S/c17-14(18)10-6-7-12(19-10)21-8-11-15-16-13(20-11)9-4-2-1-3-5-9/h1-7H,8H2,(H,17,18). The number of carboxylic acids is 1. The number of carboxylic acid groups (broad SMARTS) is 1. The fraction of sp³-hybridized carbons (Fsp3) is 0.0714. The van der Waals surface area contributed by atoms with Crippen LogP contribution >= 0.6 is 11.8 Å². The first-order valence-corrected chi connectivity index (χ1v) is 7.04. The molecule has 106 valence electrons. The molecule has 0 radical (unpaired) electrons. The van der Waals surface area contributed by atoms with Crippen LogP contribution in [0.3, 0.4) is 0 Å². The molecular formula is C14H10N2O4S. The number of furan rings is 1. The van der Waals surface area contributed by atoms with Crippen LogP contribution in [-0.2, 0) is 5.75 Å². The molecule has 0 fully saturated rings. The maximum absolute atomic E-state index is 10.7. The molecule has 1 aromatic carbocycles. The molecule has 2 heterocycles. The molecule has 0 saturated heterocycles. The molecule has 0 saturated carbocycles. The molecule has 6 nitrogen and oxygen atoms in total. The van der Waals surface area contributed by atoms with Crippen molar-refractivity contribution in [2.75, 3.05) is 0 Å². The number of thioether (sulfide) groups is 1. The first-order chi connectivity index (χ1) is 10.2. The summed E-state index contributed by atoms with van der Waals surface area (Å²) in [5.74, 6) is 0.134. The second-order valence-corrected chi connectivity index (χ2v) is 5.06. The highest BCUT2D eigenvalue weighted by Crippen LogP contribution is 2.26. The monoisotopic (exact) mass is 302 g/mol. The van der Waals surface area contributed by atoms with Crippen molar-refractivity contribution in [1.29, 1.82) is 0 Å². The van der Waals surface area contributed by atoms with Crippen molar-refractivity contribution in [3.63, 3.8) is 0 Å². The van der Waals surface area contributed by atoms with Crippen molar-refractivity contribution in [2.45, 2.75) is 10.8 Å². The van der Waals surface area contributed by atoms with Crippen molar-refractivity contribution >= 4 is 17.7 Å². The van der Waals surface area contributed by atoms with Crippen molar-refractivity contribution in [2.24, 2.45) is 0 Å². The Labute approximate surface area is 123 Å². The van der Waals surface area contributed by atoms with E-state index < -0.39 is 5.97 Å². The fourth-order valence-electron chi connectivity index (χ4n) is 1.65. The topological polar surface area (TPSA) is 89.4 Å². The molecule has 3 rings (SSSR count). The lowest BCUT2D eigenvalue weighted by Crippen LogP contribution is -1.91. The van der Waals surface area contributed by atoms with Crippen LogP contribution in [0.4, 0.5) is 0 Å². The Bertz CT molecular complexity index is 751.